The molecule has 0 unspecified atom stereocenters. The molecule has 0 aliphatic carbocycles. The molecule has 2 aromatic heterocycles. The van der Waals surface area contributed by atoms with E-state index in [0.717, 1.165) is 63.4 Å². The molecule has 2 aliphatic heterocycles. The van der Waals surface area contributed by atoms with Gasteiger partial charge in [-0.25, -0.2) is 9.97 Å². The number of nitrogens with one attached hydrogen (secondary N) is 2. The predicted molar refractivity (Wildman–Crippen MR) is 151 cm³/mol. The maximum absolute atomic E-state index is 12.6. The predicted octanol–water partition coefficient (Wildman–Crippen LogP) is 3.68. The average Bonchev–Trinajstić information content (AvgIpc) is 2.95. The first kappa shape index (κ1) is 27.0. The van der Waals surface area contributed by atoms with Gasteiger partial charge >= 0.3 is 0 Å². The summed E-state index contributed by atoms with van der Waals surface area (Å²) in [6.45, 7) is 9.78. The fraction of sp³-hybridized carbons (Fsp3) is 0.448. The number of carbonyl (C=O) groups excluding carboxylic acids is 1. The Balaban J connectivity index is 1.49. The quantitative estimate of drug-likeness (QED) is 0.379. The van der Waals surface area contributed by atoms with Gasteiger partial charge in [-0.2, -0.15) is 0 Å². The lowest BCUT2D eigenvalue weighted by atomic mass is 10.0. The number of hydrogen-bond acceptors (Lipinski definition) is 9. The second-order valence-corrected chi connectivity index (χ2v) is 10.0. The molecule has 4 N–H and O–H groups in total. The summed E-state index contributed by atoms with van der Waals surface area (Å²) in [4.78, 5) is 29.2. The van der Waals surface area contributed by atoms with Crippen LogP contribution in [0.1, 0.15) is 46.9 Å². The average molecular weight is 532 g/mol. The summed E-state index contributed by atoms with van der Waals surface area (Å²) in [5.41, 5.74) is 11.3. The van der Waals surface area contributed by atoms with Crippen molar-refractivity contribution in [3.05, 3.63) is 58.9 Å². The van der Waals surface area contributed by atoms with E-state index in [-0.39, 0.29) is 11.7 Å². The first-order valence-electron chi connectivity index (χ1n) is 13.7. The van der Waals surface area contributed by atoms with Gasteiger partial charge < -0.3 is 25.8 Å². The van der Waals surface area contributed by atoms with Crippen molar-refractivity contribution in [3.63, 3.8) is 0 Å². The molecule has 39 heavy (non-hydrogen) atoms. The number of ether oxygens (including phenoxy) is 2. The summed E-state index contributed by atoms with van der Waals surface area (Å²) in [6, 6.07) is 10.3. The highest BCUT2D eigenvalue weighted by molar-refractivity contribution is 5.97. The summed E-state index contributed by atoms with van der Waals surface area (Å²) < 4.78 is 11.0. The van der Waals surface area contributed by atoms with Crippen molar-refractivity contribution in [2.45, 2.75) is 45.7 Å². The number of anilines is 3. The summed E-state index contributed by atoms with van der Waals surface area (Å²) in [7, 11) is 0. The standard InChI is InChI=1S/C29H37N7O3/c1-3-20-17-23(7-6-21(20)18-36-11-15-39-16-12-36)33-29-26(27(30)37)34-25(24-19(2)5-4-10-31-24)28(35-29)32-22-8-13-38-14-9-22/h4-7,10,17,22H,3,8-9,11-16,18H2,1-2H3,(H2,30,37)(H2,32,33,35). The van der Waals surface area contributed by atoms with Crippen LogP contribution in [0.3, 0.4) is 0 Å². The monoisotopic (exact) mass is 531 g/mol. The molecular weight excluding hydrogens is 494 g/mol. The Kier molecular flexibility index (Phi) is 8.65. The lowest BCUT2D eigenvalue weighted by Gasteiger charge is -2.27. The van der Waals surface area contributed by atoms with E-state index in [4.69, 9.17) is 25.2 Å². The van der Waals surface area contributed by atoms with Crippen molar-refractivity contribution in [1.29, 1.82) is 0 Å². The minimum absolute atomic E-state index is 0.0722. The van der Waals surface area contributed by atoms with Crippen molar-refractivity contribution in [3.8, 4) is 11.4 Å². The van der Waals surface area contributed by atoms with Crippen LogP contribution in [0.25, 0.3) is 11.4 Å². The zero-order valence-electron chi connectivity index (χ0n) is 22.7. The summed E-state index contributed by atoms with van der Waals surface area (Å²) >= 11 is 0. The third-order valence-electron chi connectivity index (χ3n) is 7.27. The van der Waals surface area contributed by atoms with Crippen molar-refractivity contribution in [1.82, 2.24) is 19.9 Å². The number of rotatable bonds is 9. The zero-order valence-corrected chi connectivity index (χ0v) is 22.7. The van der Waals surface area contributed by atoms with E-state index in [1.807, 2.05) is 25.1 Å². The summed E-state index contributed by atoms with van der Waals surface area (Å²) in [5.74, 6) is 0.227. The number of carbonyl (C=O) groups is 1. The van der Waals surface area contributed by atoms with Gasteiger partial charge in [0.05, 0.1) is 18.9 Å². The Morgan fingerprint density at radius 1 is 1.03 bits per heavy atom. The molecule has 2 saturated heterocycles. The Labute approximate surface area is 229 Å². The van der Waals surface area contributed by atoms with Crippen molar-refractivity contribution in [2.24, 2.45) is 5.73 Å². The molecule has 1 aromatic carbocycles. The molecule has 0 saturated carbocycles. The second kappa shape index (κ2) is 12.5. The lowest BCUT2D eigenvalue weighted by molar-refractivity contribution is 0.0341. The number of morpholine rings is 1. The largest absolute Gasteiger partial charge is 0.381 e. The van der Waals surface area contributed by atoms with Gasteiger partial charge in [0.2, 0.25) is 0 Å². The fourth-order valence-corrected chi connectivity index (χ4v) is 5.05. The van der Waals surface area contributed by atoms with E-state index in [0.29, 0.717) is 36.2 Å². The molecule has 10 nitrogen and oxygen atoms in total. The van der Waals surface area contributed by atoms with Gasteiger partial charge in [0.1, 0.15) is 5.69 Å². The molecule has 0 bridgehead atoms. The van der Waals surface area contributed by atoms with E-state index >= 15 is 0 Å². The highest BCUT2D eigenvalue weighted by Gasteiger charge is 2.24. The number of hydrogen-bond donors (Lipinski definition) is 3. The van der Waals surface area contributed by atoms with Crippen LogP contribution in [-0.2, 0) is 22.4 Å². The third-order valence-corrected chi connectivity index (χ3v) is 7.27. The molecule has 0 atom stereocenters. The molecular formula is C29H37N7O3. The molecule has 2 fully saturated rings. The van der Waals surface area contributed by atoms with E-state index in [2.05, 4.69) is 39.6 Å². The summed E-state index contributed by atoms with van der Waals surface area (Å²) in [6.07, 6.45) is 4.31. The van der Waals surface area contributed by atoms with Gasteiger partial charge in [0.25, 0.3) is 5.91 Å². The number of amides is 1. The van der Waals surface area contributed by atoms with Gasteiger partial charge in [-0.05, 0) is 61.1 Å². The first-order valence-corrected chi connectivity index (χ1v) is 13.7. The minimum Gasteiger partial charge on any atom is -0.381 e. The Hall–Kier alpha value is -3.60. The number of pyridine rings is 1. The maximum Gasteiger partial charge on any atom is 0.271 e. The third kappa shape index (κ3) is 6.52. The molecule has 2 aliphatic rings. The number of nitrogens with two attached hydrogens (primary N) is 1. The van der Waals surface area contributed by atoms with E-state index in [9.17, 15) is 4.79 Å². The Bertz CT molecular complexity index is 1300. The van der Waals surface area contributed by atoms with Crippen LogP contribution in [0.4, 0.5) is 17.3 Å². The number of aryl methyl sites for hydroxylation is 2. The smallest absolute Gasteiger partial charge is 0.271 e. The van der Waals surface area contributed by atoms with Gasteiger partial charge in [-0.1, -0.05) is 19.1 Å². The van der Waals surface area contributed by atoms with Crippen LogP contribution < -0.4 is 16.4 Å². The first-order chi connectivity index (χ1) is 19.0. The molecule has 1 amide bonds. The van der Waals surface area contributed by atoms with Crippen LogP contribution in [0.2, 0.25) is 0 Å². The van der Waals surface area contributed by atoms with Gasteiger partial charge in [-0.3, -0.25) is 14.7 Å². The second-order valence-electron chi connectivity index (χ2n) is 10.0. The van der Waals surface area contributed by atoms with Crippen molar-refractivity contribution < 1.29 is 14.3 Å². The molecule has 0 radical (unpaired) electrons. The number of aromatic nitrogens is 3. The minimum atomic E-state index is -0.655. The summed E-state index contributed by atoms with van der Waals surface area (Å²) in [5, 5.41) is 6.88. The van der Waals surface area contributed by atoms with Gasteiger partial charge in [0, 0.05) is 50.8 Å². The SMILES string of the molecule is CCc1cc(Nc2nc(NC3CCOCC3)c(-c3ncccc3C)nc2C(N)=O)ccc1CN1CCOCC1. The van der Waals surface area contributed by atoms with Crippen LogP contribution in [0.5, 0.6) is 0 Å². The Morgan fingerprint density at radius 2 is 1.79 bits per heavy atom. The number of primary amides is 1. The highest BCUT2D eigenvalue weighted by atomic mass is 16.5. The zero-order chi connectivity index (χ0) is 27.2. The normalized spacial score (nSPS) is 16.7. The number of nitrogens with zero attached hydrogens (tertiary/aromatic N) is 4. The van der Waals surface area contributed by atoms with Gasteiger partial charge in [0.15, 0.2) is 17.3 Å². The highest BCUT2D eigenvalue weighted by Crippen LogP contribution is 2.31. The van der Waals surface area contributed by atoms with E-state index in [1.165, 1.54) is 11.1 Å². The van der Waals surface area contributed by atoms with E-state index in [1.54, 1.807) is 6.20 Å². The van der Waals surface area contributed by atoms with Crippen LogP contribution in [0, 0.1) is 6.92 Å². The lowest BCUT2D eigenvalue weighted by Crippen LogP contribution is -2.35. The van der Waals surface area contributed by atoms with E-state index < -0.39 is 5.91 Å². The van der Waals surface area contributed by atoms with Crippen LogP contribution in [0.15, 0.2) is 36.5 Å². The maximum atomic E-state index is 12.6. The fourth-order valence-electron chi connectivity index (χ4n) is 5.05. The van der Waals surface area contributed by atoms with Crippen molar-refractivity contribution >= 4 is 23.2 Å². The van der Waals surface area contributed by atoms with Crippen LogP contribution in [-0.4, -0.2) is 71.3 Å². The topological polar surface area (TPSA) is 128 Å². The molecule has 4 heterocycles. The molecule has 10 heteroatoms. The molecule has 206 valence electrons. The van der Waals surface area contributed by atoms with Crippen LogP contribution >= 0.6 is 0 Å². The van der Waals surface area contributed by atoms with Gasteiger partial charge in [-0.15, -0.1) is 0 Å². The Morgan fingerprint density at radius 3 is 2.51 bits per heavy atom. The molecule has 5 rings (SSSR count). The number of benzene rings is 1. The molecule has 3 aromatic rings. The van der Waals surface area contributed by atoms with Crippen molar-refractivity contribution in [2.75, 3.05) is 50.2 Å². The molecule has 0 spiro atoms.